The van der Waals surface area contributed by atoms with E-state index in [-0.39, 0.29) is 12.3 Å². The zero-order valence-electron chi connectivity index (χ0n) is 21.6. The number of carbonyl (C=O) groups excluding carboxylic acids is 1. The molecular weight excluding hydrogens is 448 g/mol. The quantitative estimate of drug-likeness (QED) is 0.150. The van der Waals surface area contributed by atoms with Gasteiger partial charge in [-0.15, -0.1) is 0 Å². The molecule has 1 amide bonds. The van der Waals surface area contributed by atoms with Gasteiger partial charge in [0.25, 0.3) is 0 Å². The fourth-order valence-electron chi connectivity index (χ4n) is 3.93. The highest BCUT2D eigenvalue weighted by Crippen LogP contribution is 2.19. The van der Waals surface area contributed by atoms with Gasteiger partial charge in [0.2, 0.25) is 5.91 Å². The fraction of sp³-hybridized carbons (Fsp3) is 0.419. The summed E-state index contributed by atoms with van der Waals surface area (Å²) in [6, 6.07) is 6.81. The van der Waals surface area contributed by atoms with E-state index in [0.29, 0.717) is 12.8 Å². The molecule has 2 rings (SSSR count). The van der Waals surface area contributed by atoms with Gasteiger partial charge in [-0.25, -0.2) is 4.79 Å². The second kappa shape index (κ2) is 18.0. The van der Waals surface area contributed by atoms with Gasteiger partial charge in [0.15, 0.2) is 0 Å². The van der Waals surface area contributed by atoms with E-state index in [9.17, 15) is 14.7 Å². The van der Waals surface area contributed by atoms with Crippen LogP contribution in [0.5, 0.6) is 0 Å². The van der Waals surface area contributed by atoms with Crippen molar-refractivity contribution in [1.82, 2.24) is 10.3 Å². The van der Waals surface area contributed by atoms with Crippen molar-refractivity contribution in [3.05, 3.63) is 84.6 Å². The van der Waals surface area contributed by atoms with Gasteiger partial charge in [-0.2, -0.15) is 0 Å². The number of hydrogen-bond acceptors (Lipinski definition) is 2. The van der Waals surface area contributed by atoms with Gasteiger partial charge >= 0.3 is 5.97 Å². The topological polar surface area (TPSA) is 82.2 Å². The molecule has 0 bridgehead atoms. The van der Waals surface area contributed by atoms with Crippen LogP contribution >= 0.6 is 0 Å². The van der Waals surface area contributed by atoms with Gasteiger partial charge in [-0.1, -0.05) is 86.6 Å². The number of fused-ring (bicyclic) bond motifs is 1. The number of amides is 1. The molecule has 0 unspecified atom stereocenters. The molecular formula is C31H42N2O3. The Morgan fingerprint density at radius 3 is 2.14 bits per heavy atom. The lowest BCUT2D eigenvalue weighted by Crippen LogP contribution is -2.42. The van der Waals surface area contributed by atoms with E-state index >= 15 is 0 Å². The summed E-state index contributed by atoms with van der Waals surface area (Å²) in [7, 11) is 0. The number of allylic oxidation sites excluding steroid dienone is 8. The highest BCUT2D eigenvalue weighted by Gasteiger charge is 2.21. The monoisotopic (exact) mass is 490 g/mol. The van der Waals surface area contributed by atoms with Gasteiger partial charge in [0, 0.05) is 29.9 Å². The molecule has 1 atom stereocenters. The van der Waals surface area contributed by atoms with E-state index in [0.717, 1.165) is 42.1 Å². The smallest absolute Gasteiger partial charge is 0.326 e. The number of carbonyl (C=O) groups is 2. The largest absolute Gasteiger partial charge is 0.480 e. The number of nitrogens with one attached hydrogen (secondary N) is 2. The maximum absolute atomic E-state index is 12.3. The van der Waals surface area contributed by atoms with E-state index in [1.165, 1.54) is 25.7 Å². The summed E-state index contributed by atoms with van der Waals surface area (Å²) < 4.78 is 0. The minimum absolute atomic E-state index is 0.224. The standard InChI is InChI=1S/C31H42N2O3/c1-2-3-4-5-6-7-8-9-10-11-12-13-14-15-16-17-18-23-30(34)33-29(31(35)36)24-26-25-32-28-22-20-19-21-27(26)28/h6-7,9-10,12-13,15-16,19-22,25,29,32H,2-5,8,11,14,17-18,23-24H2,1H3,(H,33,34)(H,35,36)/b7-6-,10-9-,13-12-,16-15-/t29-/m0/s1. The number of H-pyrrole nitrogens is 1. The van der Waals surface area contributed by atoms with Gasteiger partial charge < -0.3 is 15.4 Å². The van der Waals surface area contributed by atoms with Crippen molar-refractivity contribution in [3.63, 3.8) is 0 Å². The van der Waals surface area contributed by atoms with E-state index in [1.54, 1.807) is 0 Å². The van der Waals surface area contributed by atoms with Crippen molar-refractivity contribution in [2.24, 2.45) is 0 Å². The molecule has 0 radical (unpaired) electrons. The summed E-state index contributed by atoms with van der Waals surface area (Å²) in [4.78, 5) is 27.1. The molecule has 0 saturated carbocycles. The molecule has 5 heteroatoms. The van der Waals surface area contributed by atoms with Crippen molar-refractivity contribution in [2.75, 3.05) is 0 Å². The summed E-state index contributed by atoms with van der Waals surface area (Å²) in [5, 5.41) is 13.2. The van der Waals surface area contributed by atoms with E-state index in [4.69, 9.17) is 0 Å². The first-order valence-corrected chi connectivity index (χ1v) is 13.3. The van der Waals surface area contributed by atoms with Gasteiger partial charge in [0.05, 0.1) is 0 Å². The number of aromatic amines is 1. The first-order valence-electron chi connectivity index (χ1n) is 13.3. The van der Waals surface area contributed by atoms with E-state index < -0.39 is 12.0 Å². The molecule has 0 saturated heterocycles. The Labute approximate surface area is 216 Å². The van der Waals surface area contributed by atoms with Crippen LogP contribution in [0, 0.1) is 0 Å². The molecule has 1 aromatic heterocycles. The van der Waals surface area contributed by atoms with Crippen molar-refractivity contribution in [3.8, 4) is 0 Å². The lowest BCUT2D eigenvalue weighted by Gasteiger charge is -2.14. The van der Waals surface area contributed by atoms with Crippen LogP contribution in [0.1, 0.15) is 76.7 Å². The highest BCUT2D eigenvalue weighted by atomic mass is 16.4. The number of carboxylic acid groups (broad SMARTS) is 1. The molecule has 5 nitrogen and oxygen atoms in total. The highest BCUT2D eigenvalue weighted by molar-refractivity contribution is 5.86. The van der Waals surface area contributed by atoms with Crippen LogP contribution in [0.2, 0.25) is 0 Å². The van der Waals surface area contributed by atoms with Crippen molar-refractivity contribution >= 4 is 22.8 Å². The number of benzene rings is 1. The van der Waals surface area contributed by atoms with Crippen LogP contribution in [-0.2, 0) is 16.0 Å². The molecule has 0 aliphatic heterocycles. The number of hydrogen-bond donors (Lipinski definition) is 3. The Kier molecular flexibility index (Phi) is 14.4. The summed E-state index contributed by atoms with van der Waals surface area (Å²) >= 11 is 0. The number of para-hydroxylation sites is 1. The fourth-order valence-corrected chi connectivity index (χ4v) is 3.93. The third-order valence-corrected chi connectivity index (χ3v) is 5.96. The number of unbranched alkanes of at least 4 members (excludes halogenated alkanes) is 4. The van der Waals surface area contributed by atoms with Crippen LogP contribution in [0.25, 0.3) is 10.9 Å². The zero-order valence-corrected chi connectivity index (χ0v) is 21.6. The molecule has 0 fully saturated rings. The summed E-state index contributed by atoms with van der Waals surface area (Å²) in [6.07, 6.45) is 29.2. The summed E-state index contributed by atoms with van der Waals surface area (Å²) in [6.45, 7) is 2.23. The normalized spacial score (nSPS) is 13.0. The average molecular weight is 491 g/mol. The lowest BCUT2D eigenvalue weighted by molar-refractivity contribution is -0.141. The Bertz CT molecular complexity index is 1030. The van der Waals surface area contributed by atoms with Crippen LogP contribution in [-0.4, -0.2) is 28.0 Å². The number of carboxylic acids is 1. The Morgan fingerprint density at radius 1 is 0.889 bits per heavy atom. The Hall–Kier alpha value is -3.34. The lowest BCUT2D eigenvalue weighted by atomic mass is 10.0. The maximum Gasteiger partial charge on any atom is 0.326 e. The van der Waals surface area contributed by atoms with Gasteiger partial charge in [-0.05, 0) is 56.6 Å². The van der Waals surface area contributed by atoms with Crippen LogP contribution < -0.4 is 5.32 Å². The molecule has 36 heavy (non-hydrogen) atoms. The van der Waals surface area contributed by atoms with Crippen molar-refractivity contribution in [1.29, 1.82) is 0 Å². The second-order valence-electron chi connectivity index (χ2n) is 9.00. The molecule has 1 heterocycles. The Balaban J connectivity index is 1.56. The molecule has 194 valence electrons. The van der Waals surface area contributed by atoms with E-state index in [2.05, 4.69) is 65.8 Å². The van der Waals surface area contributed by atoms with Crippen LogP contribution in [0.15, 0.2) is 79.1 Å². The third-order valence-electron chi connectivity index (χ3n) is 5.96. The average Bonchev–Trinajstić information content (AvgIpc) is 3.28. The molecule has 0 spiro atoms. The minimum Gasteiger partial charge on any atom is -0.480 e. The van der Waals surface area contributed by atoms with Crippen LogP contribution in [0.4, 0.5) is 0 Å². The van der Waals surface area contributed by atoms with Gasteiger partial charge in [0.1, 0.15) is 6.04 Å². The van der Waals surface area contributed by atoms with Crippen LogP contribution in [0.3, 0.4) is 0 Å². The van der Waals surface area contributed by atoms with Crippen molar-refractivity contribution in [2.45, 2.75) is 83.6 Å². The first-order chi connectivity index (χ1) is 17.6. The first kappa shape index (κ1) is 28.9. The minimum atomic E-state index is -1.02. The predicted octanol–water partition coefficient (Wildman–Crippen LogP) is 7.43. The second-order valence-corrected chi connectivity index (χ2v) is 9.00. The number of aliphatic carboxylic acids is 1. The zero-order chi connectivity index (χ0) is 25.8. The molecule has 0 aliphatic carbocycles. The molecule has 3 N–H and O–H groups in total. The molecule has 1 aromatic carbocycles. The Morgan fingerprint density at radius 2 is 1.50 bits per heavy atom. The third kappa shape index (κ3) is 11.9. The molecule has 0 aliphatic rings. The number of aromatic nitrogens is 1. The summed E-state index contributed by atoms with van der Waals surface area (Å²) in [5.74, 6) is -1.24. The predicted molar refractivity (Wildman–Crippen MR) is 150 cm³/mol. The molecule has 2 aromatic rings. The number of rotatable bonds is 18. The SMILES string of the molecule is CCCCC/C=C\C/C=C\C/C=C\C/C=C\CCCC(=O)N[C@@H](Cc1c[nH]c2ccccc12)C(=O)O. The van der Waals surface area contributed by atoms with E-state index in [1.807, 2.05) is 30.5 Å². The maximum atomic E-state index is 12.3. The van der Waals surface area contributed by atoms with Gasteiger partial charge in [-0.3, -0.25) is 4.79 Å². The van der Waals surface area contributed by atoms with Crippen molar-refractivity contribution < 1.29 is 14.7 Å². The summed E-state index contributed by atoms with van der Waals surface area (Å²) in [5.41, 5.74) is 1.85.